The fourth-order valence-electron chi connectivity index (χ4n) is 1.29. The fraction of sp³-hybridized carbons (Fsp3) is 0.300. The number of rotatable bonds is 3. The molecule has 13 heavy (non-hydrogen) atoms. The van der Waals surface area contributed by atoms with Gasteiger partial charge in [0.05, 0.1) is 0 Å². The Labute approximate surface area is 78.1 Å². The number of hydrogen-bond donors (Lipinski definition) is 1. The van der Waals surface area contributed by atoms with Crippen molar-refractivity contribution in [1.82, 2.24) is 9.88 Å². The van der Waals surface area contributed by atoms with Crippen molar-refractivity contribution < 1.29 is 4.79 Å². The minimum atomic E-state index is 0.783. The molecule has 3 nitrogen and oxygen atoms in total. The Hall–Kier alpha value is -1.51. The lowest BCUT2D eigenvalue weighted by molar-refractivity contribution is -0.114. The van der Waals surface area contributed by atoms with E-state index in [9.17, 15) is 4.79 Å². The number of allylic oxidation sites excluding steroid dienone is 1. The number of H-pyrrole nitrogens is 1. The summed E-state index contributed by atoms with van der Waals surface area (Å²) in [6.07, 6.45) is 4.48. The number of nitrogens with one attached hydrogen (secondary N) is 1. The van der Waals surface area contributed by atoms with Gasteiger partial charge in [0.2, 0.25) is 6.41 Å². The highest BCUT2D eigenvalue weighted by atomic mass is 16.1. The van der Waals surface area contributed by atoms with Gasteiger partial charge in [-0.15, -0.1) is 0 Å². The number of carbonyl (C=O) groups is 1. The largest absolute Gasteiger partial charge is 0.365 e. The lowest BCUT2D eigenvalue weighted by atomic mass is 10.1. The second-order valence-corrected chi connectivity index (χ2v) is 3.10. The van der Waals surface area contributed by atoms with Crippen molar-refractivity contribution in [2.45, 2.75) is 13.8 Å². The third-order valence-corrected chi connectivity index (χ3v) is 1.94. The van der Waals surface area contributed by atoms with Gasteiger partial charge in [-0.25, -0.2) is 0 Å². The second kappa shape index (κ2) is 3.94. The lowest BCUT2D eigenvalue weighted by Gasteiger charge is -2.06. The van der Waals surface area contributed by atoms with E-state index in [2.05, 4.69) is 4.98 Å². The molecule has 3 heteroatoms. The second-order valence-electron chi connectivity index (χ2n) is 3.10. The molecule has 0 atom stereocenters. The number of hydrogen-bond acceptors (Lipinski definition) is 1. The van der Waals surface area contributed by atoms with E-state index < -0.39 is 0 Å². The maximum absolute atomic E-state index is 10.4. The van der Waals surface area contributed by atoms with Gasteiger partial charge in [0.1, 0.15) is 0 Å². The van der Waals surface area contributed by atoms with Crippen LogP contribution in [-0.2, 0) is 4.79 Å². The highest BCUT2D eigenvalue weighted by Crippen LogP contribution is 2.16. The number of nitrogens with zero attached hydrogens (tertiary/aromatic N) is 1. The van der Waals surface area contributed by atoms with E-state index in [0.717, 1.165) is 23.2 Å². The quantitative estimate of drug-likeness (QED) is 0.703. The molecule has 0 saturated carbocycles. The van der Waals surface area contributed by atoms with Crippen LogP contribution in [0.25, 0.3) is 5.57 Å². The van der Waals surface area contributed by atoms with Crippen LogP contribution in [0.2, 0.25) is 0 Å². The summed E-state index contributed by atoms with van der Waals surface area (Å²) in [6, 6.07) is 2.00. The van der Waals surface area contributed by atoms with Gasteiger partial charge in [-0.05, 0) is 31.1 Å². The standard InChI is InChI=1S/C10H14N2O/c1-8(6-12(3)7-13)10-4-5-11-9(10)2/h4-7,11H,1-3H3/b8-6-. The van der Waals surface area contributed by atoms with Gasteiger partial charge in [-0.3, -0.25) is 4.79 Å². The van der Waals surface area contributed by atoms with Gasteiger partial charge in [0.15, 0.2) is 0 Å². The molecule has 0 fully saturated rings. The number of aryl methyl sites for hydroxylation is 1. The van der Waals surface area contributed by atoms with Gasteiger partial charge in [0.25, 0.3) is 0 Å². The molecule has 0 aliphatic carbocycles. The Morgan fingerprint density at radius 2 is 2.31 bits per heavy atom. The number of carbonyl (C=O) groups excluding carboxylic acids is 1. The van der Waals surface area contributed by atoms with E-state index >= 15 is 0 Å². The van der Waals surface area contributed by atoms with Crippen LogP contribution in [-0.4, -0.2) is 23.3 Å². The van der Waals surface area contributed by atoms with Crippen molar-refractivity contribution >= 4 is 12.0 Å². The fourth-order valence-corrected chi connectivity index (χ4v) is 1.29. The molecular weight excluding hydrogens is 164 g/mol. The first kappa shape index (κ1) is 9.58. The van der Waals surface area contributed by atoms with Crippen LogP contribution in [0, 0.1) is 6.92 Å². The van der Waals surface area contributed by atoms with Crippen molar-refractivity contribution in [1.29, 1.82) is 0 Å². The smallest absolute Gasteiger partial charge is 0.213 e. The summed E-state index contributed by atoms with van der Waals surface area (Å²) in [7, 11) is 1.72. The molecule has 1 rings (SSSR count). The summed E-state index contributed by atoms with van der Waals surface area (Å²) in [6.45, 7) is 3.99. The highest BCUT2D eigenvalue weighted by Gasteiger charge is 2.01. The summed E-state index contributed by atoms with van der Waals surface area (Å²) in [5.74, 6) is 0. The summed E-state index contributed by atoms with van der Waals surface area (Å²) in [4.78, 5) is 15.0. The highest BCUT2D eigenvalue weighted by molar-refractivity contribution is 5.67. The topological polar surface area (TPSA) is 36.1 Å². The SMILES string of the molecule is C/C(=C/N(C)C=O)c1cc[nH]c1C. The van der Waals surface area contributed by atoms with Crippen molar-refractivity contribution in [2.75, 3.05) is 7.05 Å². The third-order valence-electron chi connectivity index (χ3n) is 1.94. The van der Waals surface area contributed by atoms with Crippen LogP contribution in [0.5, 0.6) is 0 Å². The molecule has 0 bridgehead atoms. The molecular formula is C10H14N2O. The molecule has 0 aliphatic rings. The van der Waals surface area contributed by atoms with Gasteiger partial charge < -0.3 is 9.88 Å². The molecule has 0 saturated heterocycles. The lowest BCUT2D eigenvalue weighted by Crippen LogP contribution is -2.07. The van der Waals surface area contributed by atoms with Crippen LogP contribution >= 0.6 is 0 Å². The van der Waals surface area contributed by atoms with Crippen LogP contribution in [0.1, 0.15) is 18.2 Å². The Kier molecular flexibility index (Phi) is 2.90. The zero-order chi connectivity index (χ0) is 9.84. The van der Waals surface area contributed by atoms with E-state index in [-0.39, 0.29) is 0 Å². The molecule has 70 valence electrons. The predicted octanol–water partition coefficient (Wildman–Crippen LogP) is 1.77. The average Bonchev–Trinajstić information content (AvgIpc) is 2.51. The molecule has 1 aromatic heterocycles. The van der Waals surface area contributed by atoms with Gasteiger partial charge in [-0.1, -0.05) is 0 Å². The average molecular weight is 178 g/mol. The monoisotopic (exact) mass is 178 g/mol. The van der Waals surface area contributed by atoms with E-state index in [1.54, 1.807) is 7.05 Å². The number of aromatic nitrogens is 1. The van der Waals surface area contributed by atoms with Crippen LogP contribution in [0.4, 0.5) is 0 Å². The molecule has 0 spiro atoms. The summed E-state index contributed by atoms with van der Waals surface area (Å²) in [5, 5.41) is 0. The summed E-state index contributed by atoms with van der Waals surface area (Å²) < 4.78 is 0. The normalized spacial score (nSPS) is 11.5. The van der Waals surface area contributed by atoms with Crippen LogP contribution in [0.15, 0.2) is 18.5 Å². The van der Waals surface area contributed by atoms with E-state index in [1.807, 2.05) is 32.3 Å². The maximum atomic E-state index is 10.4. The molecule has 1 heterocycles. The molecule has 0 radical (unpaired) electrons. The Balaban J connectivity index is 2.90. The molecule has 1 N–H and O–H groups in total. The van der Waals surface area contributed by atoms with Crippen molar-refractivity contribution in [2.24, 2.45) is 0 Å². The van der Waals surface area contributed by atoms with Crippen molar-refractivity contribution in [3.63, 3.8) is 0 Å². The van der Waals surface area contributed by atoms with Gasteiger partial charge in [-0.2, -0.15) is 0 Å². The Bertz CT molecular complexity index is 325. The van der Waals surface area contributed by atoms with E-state index in [0.29, 0.717) is 0 Å². The first-order chi connectivity index (χ1) is 6.15. The zero-order valence-electron chi connectivity index (χ0n) is 8.16. The molecule has 0 aliphatic heterocycles. The molecule has 1 amide bonds. The molecule has 0 aromatic carbocycles. The van der Waals surface area contributed by atoms with Crippen LogP contribution < -0.4 is 0 Å². The molecule has 1 aromatic rings. The van der Waals surface area contributed by atoms with E-state index in [4.69, 9.17) is 0 Å². The predicted molar refractivity (Wildman–Crippen MR) is 53.0 cm³/mol. The summed E-state index contributed by atoms with van der Waals surface area (Å²) >= 11 is 0. The minimum absolute atomic E-state index is 0.783. The molecule has 0 unspecified atom stereocenters. The van der Waals surface area contributed by atoms with Crippen molar-refractivity contribution in [3.05, 3.63) is 29.7 Å². The zero-order valence-corrected chi connectivity index (χ0v) is 8.16. The Morgan fingerprint density at radius 3 is 2.77 bits per heavy atom. The summed E-state index contributed by atoms with van der Waals surface area (Å²) in [5.41, 5.74) is 3.34. The first-order valence-corrected chi connectivity index (χ1v) is 4.15. The Morgan fingerprint density at radius 1 is 1.62 bits per heavy atom. The number of aromatic amines is 1. The van der Waals surface area contributed by atoms with Crippen molar-refractivity contribution in [3.8, 4) is 0 Å². The third kappa shape index (κ3) is 2.21. The minimum Gasteiger partial charge on any atom is -0.365 e. The van der Waals surface area contributed by atoms with Gasteiger partial charge >= 0.3 is 0 Å². The van der Waals surface area contributed by atoms with Gasteiger partial charge in [0, 0.05) is 25.1 Å². The maximum Gasteiger partial charge on any atom is 0.213 e. The first-order valence-electron chi connectivity index (χ1n) is 4.15. The van der Waals surface area contributed by atoms with E-state index in [1.165, 1.54) is 4.90 Å². The number of amides is 1. The van der Waals surface area contributed by atoms with Crippen LogP contribution in [0.3, 0.4) is 0 Å².